The van der Waals surface area contributed by atoms with Crippen LogP contribution in [0, 0.1) is 17.8 Å². The third-order valence-electron chi connectivity index (χ3n) is 9.46. The van der Waals surface area contributed by atoms with Gasteiger partial charge in [-0.05, 0) is 104 Å². The number of hydrogen-bond acceptors (Lipinski definition) is 3. The number of carboxylic acid groups (broad SMARTS) is 1. The molecule has 2 atom stereocenters. The van der Waals surface area contributed by atoms with Gasteiger partial charge < -0.3 is 10.4 Å². The molecule has 2 fully saturated rings. The number of anilines is 1. The molecule has 3 aliphatic rings. The molecule has 5 rings (SSSR count). The zero-order chi connectivity index (χ0) is 24.6. The minimum Gasteiger partial charge on any atom is -0.480 e. The van der Waals surface area contributed by atoms with Crippen LogP contribution in [0.4, 0.5) is 5.69 Å². The van der Waals surface area contributed by atoms with Crippen LogP contribution in [0.1, 0.15) is 75.8 Å². The number of carbonyl (C=O) groups excluding carboxylic acids is 1. The zero-order valence-corrected chi connectivity index (χ0v) is 21.3. The van der Waals surface area contributed by atoms with Crippen molar-refractivity contribution < 1.29 is 14.7 Å². The molecule has 0 unspecified atom stereocenters. The second-order valence-electron chi connectivity index (χ2n) is 11.3. The van der Waals surface area contributed by atoms with Gasteiger partial charge in [0.05, 0.1) is 0 Å². The van der Waals surface area contributed by atoms with E-state index in [1.807, 2.05) is 12.1 Å². The normalized spacial score (nSPS) is 29.7. The average molecular weight is 494 g/mol. The lowest BCUT2D eigenvalue weighted by molar-refractivity contribution is -0.144. The number of carboxylic acids is 1. The van der Waals surface area contributed by atoms with Gasteiger partial charge in [0.2, 0.25) is 0 Å². The maximum Gasteiger partial charge on any atom is 0.329 e. The van der Waals surface area contributed by atoms with E-state index in [2.05, 4.69) is 36.5 Å². The Balaban J connectivity index is 1.38. The van der Waals surface area contributed by atoms with Crippen molar-refractivity contribution in [3.05, 3.63) is 64.7 Å². The molecule has 0 aliphatic heterocycles. The maximum atomic E-state index is 12.6. The van der Waals surface area contributed by atoms with E-state index in [-0.39, 0.29) is 5.41 Å². The fraction of sp³-hybridized carbons (Fsp3) is 0.533. The molecule has 3 aliphatic carbocycles. The molecule has 2 N–H and O–H groups in total. The van der Waals surface area contributed by atoms with E-state index in [4.69, 9.17) is 11.6 Å². The second-order valence-corrected chi connectivity index (χ2v) is 11.8. The highest BCUT2D eigenvalue weighted by Gasteiger charge is 2.54. The summed E-state index contributed by atoms with van der Waals surface area (Å²) in [6.07, 6.45) is 8.66. The molecule has 0 saturated heterocycles. The number of aliphatic carboxylic acids is 1. The molecule has 1 spiro atoms. The zero-order valence-electron chi connectivity index (χ0n) is 20.6. The van der Waals surface area contributed by atoms with Gasteiger partial charge in [0.15, 0.2) is 0 Å². The molecule has 186 valence electrons. The number of halogens is 1. The Labute approximate surface area is 213 Å². The van der Waals surface area contributed by atoms with Crippen LogP contribution in [0.2, 0.25) is 5.02 Å². The van der Waals surface area contributed by atoms with Gasteiger partial charge >= 0.3 is 5.97 Å². The van der Waals surface area contributed by atoms with Crippen LogP contribution in [0.5, 0.6) is 0 Å². The van der Waals surface area contributed by atoms with E-state index < -0.39 is 11.5 Å². The lowest BCUT2D eigenvalue weighted by Crippen LogP contribution is -2.53. The Morgan fingerprint density at radius 2 is 1.80 bits per heavy atom. The highest BCUT2D eigenvalue weighted by molar-refractivity contribution is 6.30. The Morgan fingerprint density at radius 3 is 2.49 bits per heavy atom. The summed E-state index contributed by atoms with van der Waals surface area (Å²) < 4.78 is 0. The third kappa shape index (κ3) is 4.62. The summed E-state index contributed by atoms with van der Waals surface area (Å²) in [4.78, 5) is 24.4. The van der Waals surface area contributed by atoms with Gasteiger partial charge in [-0.25, -0.2) is 4.79 Å². The van der Waals surface area contributed by atoms with Gasteiger partial charge in [-0.3, -0.25) is 4.79 Å². The van der Waals surface area contributed by atoms with Crippen molar-refractivity contribution in [2.24, 2.45) is 17.8 Å². The summed E-state index contributed by atoms with van der Waals surface area (Å²) in [5.41, 5.74) is 2.70. The van der Waals surface area contributed by atoms with E-state index in [0.29, 0.717) is 41.4 Å². The van der Waals surface area contributed by atoms with Crippen LogP contribution < -0.4 is 5.32 Å². The van der Waals surface area contributed by atoms with Crippen molar-refractivity contribution in [1.82, 2.24) is 0 Å². The van der Waals surface area contributed by atoms with E-state index in [0.717, 1.165) is 57.1 Å². The standard InChI is InChI=1S/C30H36ClNO3/c1-20(21-9-11-26(33)12-10-21)17-23-18-22-5-2-3-8-27(22)29(23)13-15-30(16-14-29,28(34)35)32-25-7-4-6-24(31)19-25/h2-8,19-21,23,32H,9-18H2,1H3,(H,34,35)/t20-,23+,29?,30?/m0/s1. The fourth-order valence-electron chi connectivity index (χ4n) is 7.38. The quantitative estimate of drug-likeness (QED) is 0.452. The SMILES string of the molecule is C[C@@H](C[C@@H]1Cc2ccccc2C12CCC(Nc1cccc(Cl)c1)(C(=O)O)CC2)C1CCC(=O)CC1. The van der Waals surface area contributed by atoms with Crippen LogP contribution in [0.25, 0.3) is 0 Å². The molecule has 2 aromatic rings. The van der Waals surface area contributed by atoms with E-state index >= 15 is 0 Å². The first kappa shape index (κ1) is 24.4. The summed E-state index contributed by atoms with van der Waals surface area (Å²) in [6.45, 7) is 2.38. The predicted octanol–water partition coefficient (Wildman–Crippen LogP) is 7.05. The lowest BCUT2D eigenvalue weighted by atomic mass is 9.59. The molecule has 35 heavy (non-hydrogen) atoms. The fourth-order valence-corrected chi connectivity index (χ4v) is 7.57. The van der Waals surface area contributed by atoms with Crippen LogP contribution >= 0.6 is 11.6 Å². The Kier molecular flexibility index (Phi) is 6.69. The minimum atomic E-state index is -0.979. The largest absolute Gasteiger partial charge is 0.480 e. The summed E-state index contributed by atoms with van der Waals surface area (Å²) in [5.74, 6) is 1.36. The molecule has 0 radical (unpaired) electrons. The first-order chi connectivity index (χ1) is 16.8. The van der Waals surface area contributed by atoms with Gasteiger partial charge in [-0.15, -0.1) is 0 Å². The van der Waals surface area contributed by atoms with Gasteiger partial charge in [0.1, 0.15) is 11.3 Å². The molecule has 0 heterocycles. The topological polar surface area (TPSA) is 66.4 Å². The molecule has 0 amide bonds. The van der Waals surface area contributed by atoms with Gasteiger partial charge in [0, 0.05) is 23.6 Å². The number of rotatable bonds is 6. The van der Waals surface area contributed by atoms with E-state index in [1.54, 1.807) is 12.1 Å². The number of nitrogens with one attached hydrogen (secondary N) is 1. The van der Waals surface area contributed by atoms with Crippen molar-refractivity contribution >= 4 is 29.0 Å². The molecule has 2 saturated carbocycles. The third-order valence-corrected chi connectivity index (χ3v) is 9.70. The van der Waals surface area contributed by atoms with Crippen molar-refractivity contribution in [2.75, 3.05) is 5.32 Å². The number of hydrogen-bond donors (Lipinski definition) is 2. The van der Waals surface area contributed by atoms with Crippen LogP contribution in [-0.2, 0) is 21.4 Å². The van der Waals surface area contributed by atoms with Crippen LogP contribution in [0.3, 0.4) is 0 Å². The van der Waals surface area contributed by atoms with Gasteiger partial charge in [0.25, 0.3) is 0 Å². The molecule has 2 aromatic carbocycles. The molecule has 4 nitrogen and oxygen atoms in total. The van der Waals surface area contributed by atoms with Crippen molar-refractivity contribution in [3.63, 3.8) is 0 Å². The summed E-state index contributed by atoms with van der Waals surface area (Å²) in [5, 5.41) is 14.3. The highest BCUT2D eigenvalue weighted by atomic mass is 35.5. The van der Waals surface area contributed by atoms with Crippen molar-refractivity contribution in [1.29, 1.82) is 0 Å². The summed E-state index contributed by atoms with van der Waals surface area (Å²) in [6, 6.07) is 16.2. The first-order valence-electron chi connectivity index (χ1n) is 13.2. The molecular formula is C30H36ClNO3. The Hall–Kier alpha value is -2.33. The second kappa shape index (κ2) is 9.61. The predicted molar refractivity (Wildman–Crippen MR) is 140 cm³/mol. The maximum absolute atomic E-state index is 12.6. The monoisotopic (exact) mass is 493 g/mol. The molecule has 5 heteroatoms. The molecule has 0 aromatic heterocycles. The summed E-state index contributed by atoms with van der Waals surface area (Å²) >= 11 is 6.18. The highest BCUT2D eigenvalue weighted by Crippen LogP contribution is 2.56. The number of benzene rings is 2. The number of ketones is 1. The average Bonchev–Trinajstić information content (AvgIpc) is 3.13. The van der Waals surface area contributed by atoms with Crippen molar-refractivity contribution in [2.45, 2.75) is 82.1 Å². The number of Topliss-reactive ketones (excluding diaryl/α,β-unsaturated/α-hetero) is 1. The van der Waals surface area contributed by atoms with Crippen LogP contribution in [0.15, 0.2) is 48.5 Å². The summed E-state index contributed by atoms with van der Waals surface area (Å²) in [7, 11) is 0. The number of fused-ring (bicyclic) bond motifs is 2. The smallest absolute Gasteiger partial charge is 0.329 e. The van der Waals surface area contributed by atoms with Gasteiger partial charge in [-0.1, -0.05) is 48.9 Å². The first-order valence-corrected chi connectivity index (χ1v) is 13.6. The molecule has 0 bridgehead atoms. The van der Waals surface area contributed by atoms with Gasteiger partial charge in [-0.2, -0.15) is 0 Å². The van der Waals surface area contributed by atoms with E-state index in [1.165, 1.54) is 11.1 Å². The van der Waals surface area contributed by atoms with Crippen molar-refractivity contribution in [3.8, 4) is 0 Å². The lowest BCUT2D eigenvalue weighted by Gasteiger charge is -2.47. The molecular weight excluding hydrogens is 458 g/mol. The van der Waals surface area contributed by atoms with Crippen LogP contribution in [-0.4, -0.2) is 22.4 Å². The number of carbonyl (C=O) groups is 2. The Bertz CT molecular complexity index is 1090. The minimum absolute atomic E-state index is 0.0320. The van der Waals surface area contributed by atoms with E-state index in [9.17, 15) is 14.7 Å². The Morgan fingerprint density at radius 1 is 1.09 bits per heavy atom.